The number of hydrogen-bond acceptors (Lipinski definition) is 2. The highest BCUT2D eigenvalue weighted by atomic mass is 15.1. The van der Waals surface area contributed by atoms with Gasteiger partial charge in [0.15, 0.2) is 0 Å². The molecule has 110 valence electrons. The number of hydrogen-bond donors (Lipinski definition) is 2. The lowest BCUT2D eigenvalue weighted by atomic mass is 10.1. The summed E-state index contributed by atoms with van der Waals surface area (Å²) in [6, 6.07) is 2.30. The third-order valence-electron chi connectivity index (χ3n) is 4.04. The van der Waals surface area contributed by atoms with Crippen LogP contribution in [-0.2, 0) is 19.5 Å². The van der Waals surface area contributed by atoms with Gasteiger partial charge in [-0.15, -0.1) is 0 Å². The van der Waals surface area contributed by atoms with Gasteiger partial charge in [0.1, 0.15) is 0 Å². The Labute approximate surface area is 121 Å². The maximum Gasteiger partial charge on any atom is 0.0522 e. The number of nitrogens with zero attached hydrogens (tertiary/aromatic N) is 2. The van der Waals surface area contributed by atoms with E-state index >= 15 is 0 Å². The summed E-state index contributed by atoms with van der Waals surface area (Å²) < 4.78 is 2.37. The molecule has 2 rings (SSSR count). The molecule has 20 heavy (non-hydrogen) atoms. The summed E-state index contributed by atoms with van der Waals surface area (Å²) in [7, 11) is 0. The minimum absolute atomic E-state index is 0.962. The minimum Gasteiger partial charge on any atom is -0.349 e. The molecule has 2 N–H and O–H groups in total. The average molecular weight is 274 g/mol. The predicted molar refractivity (Wildman–Crippen MR) is 82.9 cm³/mol. The fourth-order valence-electron chi connectivity index (χ4n) is 2.79. The zero-order valence-electron chi connectivity index (χ0n) is 13.1. The zero-order chi connectivity index (χ0) is 14.5. The summed E-state index contributed by atoms with van der Waals surface area (Å²) in [6.45, 7) is 11.7. The highest BCUT2D eigenvalue weighted by molar-refractivity contribution is 5.26. The summed E-state index contributed by atoms with van der Waals surface area (Å²) in [6.07, 6.45) is 4.17. The molecular weight excluding hydrogens is 248 g/mol. The van der Waals surface area contributed by atoms with Gasteiger partial charge >= 0.3 is 0 Å². The molecule has 0 unspecified atom stereocenters. The Hall–Kier alpha value is -1.55. The van der Waals surface area contributed by atoms with Crippen molar-refractivity contribution in [2.45, 2.75) is 53.6 Å². The van der Waals surface area contributed by atoms with Crippen LogP contribution < -0.4 is 5.32 Å². The first kappa shape index (κ1) is 14.9. The molecule has 2 heterocycles. The first-order valence-corrected chi connectivity index (χ1v) is 7.48. The molecule has 0 spiro atoms. The van der Waals surface area contributed by atoms with Gasteiger partial charge in [0.2, 0.25) is 0 Å². The number of H-pyrrole nitrogens is 1. The lowest BCUT2D eigenvalue weighted by molar-refractivity contribution is 0.642. The first-order chi connectivity index (χ1) is 9.63. The number of nitrogens with one attached hydrogen (secondary N) is 2. The maximum absolute atomic E-state index is 4.05. The Balaban J connectivity index is 1.75. The fraction of sp³-hybridized carbons (Fsp3) is 0.562. The normalized spacial score (nSPS) is 11.2. The molecule has 0 aliphatic heterocycles. The fourth-order valence-corrected chi connectivity index (χ4v) is 2.79. The van der Waals surface area contributed by atoms with E-state index in [4.69, 9.17) is 0 Å². The van der Waals surface area contributed by atoms with Gasteiger partial charge in [-0.1, -0.05) is 0 Å². The number of aromatic nitrogens is 3. The van der Waals surface area contributed by atoms with E-state index < -0.39 is 0 Å². The minimum atomic E-state index is 0.962. The van der Waals surface area contributed by atoms with E-state index in [9.17, 15) is 0 Å². The lowest BCUT2D eigenvalue weighted by Crippen LogP contribution is -2.16. The molecule has 0 aliphatic carbocycles. The second kappa shape index (κ2) is 6.75. The van der Waals surface area contributed by atoms with E-state index in [-0.39, 0.29) is 0 Å². The second-order valence-corrected chi connectivity index (χ2v) is 5.44. The van der Waals surface area contributed by atoms with Gasteiger partial charge in [0.25, 0.3) is 0 Å². The van der Waals surface area contributed by atoms with Crippen molar-refractivity contribution in [1.82, 2.24) is 20.1 Å². The monoisotopic (exact) mass is 274 g/mol. The number of aromatic amines is 1. The highest BCUT2D eigenvalue weighted by Crippen LogP contribution is 2.14. The summed E-state index contributed by atoms with van der Waals surface area (Å²) in [5.74, 6) is 0. The third-order valence-corrected chi connectivity index (χ3v) is 4.04. The Morgan fingerprint density at radius 3 is 2.65 bits per heavy atom. The number of rotatable bonds is 7. The molecule has 0 saturated carbocycles. The highest BCUT2D eigenvalue weighted by Gasteiger charge is 2.07. The van der Waals surface area contributed by atoms with Crippen LogP contribution in [0.25, 0.3) is 0 Å². The SMILES string of the molecule is CCn1c(C)cc(CNCCCc2cn[nH]c2C)c1C. The van der Waals surface area contributed by atoms with Gasteiger partial charge in [-0.2, -0.15) is 5.10 Å². The van der Waals surface area contributed by atoms with Gasteiger partial charge in [0.05, 0.1) is 6.20 Å². The quantitative estimate of drug-likeness (QED) is 0.763. The van der Waals surface area contributed by atoms with Crippen LogP contribution >= 0.6 is 0 Å². The van der Waals surface area contributed by atoms with Crippen LogP contribution in [0.15, 0.2) is 12.3 Å². The Kier molecular flexibility index (Phi) is 5.01. The van der Waals surface area contributed by atoms with E-state index in [1.54, 1.807) is 0 Å². The molecule has 4 nitrogen and oxygen atoms in total. The van der Waals surface area contributed by atoms with Gasteiger partial charge in [-0.25, -0.2) is 0 Å². The van der Waals surface area contributed by atoms with Crippen LogP contribution in [0.1, 0.15) is 41.6 Å². The smallest absolute Gasteiger partial charge is 0.0522 e. The first-order valence-electron chi connectivity index (χ1n) is 7.48. The van der Waals surface area contributed by atoms with E-state index in [0.29, 0.717) is 0 Å². The topological polar surface area (TPSA) is 45.6 Å². The van der Waals surface area contributed by atoms with Crippen molar-refractivity contribution in [3.63, 3.8) is 0 Å². The Morgan fingerprint density at radius 2 is 2.05 bits per heavy atom. The standard InChI is InChI=1S/C16H26N4/c1-5-20-12(2)9-16(14(20)4)10-17-8-6-7-15-11-18-19-13(15)3/h9,11,17H,5-8,10H2,1-4H3,(H,18,19). The van der Waals surface area contributed by atoms with Gasteiger partial charge in [0, 0.05) is 30.2 Å². The largest absolute Gasteiger partial charge is 0.349 e. The molecule has 2 aromatic rings. The van der Waals surface area contributed by atoms with E-state index in [2.05, 4.69) is 53.8 Å². The molecule has 0 fully saturated rings. The average Bonchev–Trinajstić information content (AvgIpc) is 2.94. The molecule has 0 saturated heterocycles. The molecule has 4 heteroatoms. The summed E-state index contributed by atoms with van der Waals surface area (Å²) in [5.41, 5.74) is 6.69. The van der Waals surface area contributed by atoms with Crippen LogP contribution in [0.4, 0.5) is 0 Å². The van der Waals surface area contributed by atoms with Gasteiger partial charge < -0.3 is 9.88 Å². The van der Waals surface area contributed by atoms with Crippen molar-refractivity contribution in [3.05, 3.63) is 40.5 Å². The molecule has 0 atom stereocenters. The Morgan fingerprint density at radius 1 is 1.25 bits per heavy atom. The molecule has 0 aromatic carbocycles. The molecule has 0 aliphatic rings. The predicted octanol–water partition coefficient (Wildman–Crippen LogP) is 2.88. The van der Waals surface area contributed by atoms with Crippen molar-refractivity contribution in [3.8, 4) is 0 Å². The van der Waals surface area contributed by atoms with Crippen LogP contribution in [0.2, 0.25) is 0 Å². The molecule has 0 amide bonds. The second-order valence-electron chi connectivity index (χ2n) is 5.44. The van der Waals surface area contributed by atoms with E-state index in [1.807, 2.05) is 6.20 Å². The van der Waals surface area contributed by atoms with Crippen LogP contribution in [0.3, 0.4) is 0 Å². The molecule has 0 bridgehead atoms. The molecular formula is C16H26N4. The summed E-state index contributed by atoms with van der Waals surface area (Å²) in [5, 5.41) is 10.6. The van der Waals surface area contributed by atoms with Crippen molar-refractivity contribution < 1.29 is 0 Å². The maximum atomic E-state index is 4.05. The third kappa shape index (κ3) is 3.31. The van der Waals surface area contributed by atoms with Gasteiger partial charge in [-0.3, -0.25) is 5.10 Å². The van der Waals surface area contributed by atoms with Crippen LogP contribution in [0, 0.1) is 20.8 Å². The molecule has 0 radical (unpaired) electrons. The van der Waals surface area contributed by atoms with Crippen molar-refractivity contribution in [2.24, 2.45) is 0 Å². The van der Waals surface area contributed by atoms with Crippen molar-refractivity contribution >= 4 is 0 Å². The summed E-state index contributed by atoms with van der Waals surface area (Å²) >= 11 is 0. The summed E-state index contributed by atoms with van der Waals surface area (Å²) in [4.78, 5) is 0. The van der Waals surface area contributed by atoms with Crippen LogP contribution in [-0.4, -0.2) is 21.3 Å². The Bertz CT molecular complexity index is 551. The van der Waals surface area contributed by atoms with E-state index in [1.165, 1.54) is 28.2 Å². The zero-order valence-corrected chi connectivity index (χ0v) is 13.1. The van der Waals surface area contributed by atoms with Crippen molar-refractivity contribution in [1.29, 1.82) is 0 Å². The van der Waals surface area contributed by atoms with E-state index in [0.717, 1.165) is 32.5 Å². The van der Waals surface area contributed by atoms with Crippen LogP contribution in [0.5, 0.6) is 0 Å². The lowest BCUT2D eigenvalue weighted by Gasteiger charge is -2.07. The van der Waals surface area contributed by atoms with Gasteiger partial charge in [-0.05, 0) is 64.3 Å². The molecule has 2 aromatic heterocycles. The van der Waals surface area contributed by atoms with Crippen molar-refractivity contribution in [2.75, 3.05) is 6.54 Å². The number of aryl methyl sites for hydroxylation is 3.